The van der Waals surface area contributed by atoms with Crippen LogP contribution in [0, 0.1) is 5.82 Å². The van der Waals surface area contributed by atoms with Gasteiger partial charge in [-0.15, -0.1) is 0 Å². The average Bonchev–Trinajstić information content (AvgIpc) is 2.35. The third-order valence-corrected chi connectivity index (χ3v) is 2.78. The highest BCUT2D eigenvalue weighted by Gasteiger charge is 2.12. The summed E-state index contributed by atoms with van der Waals surface area (Å²) >= 11 is 5.82. The highest BCUT2D eigenvalue weighted by molar-refractivity contribution is 6.30. The molecule has 94 valence electrons. The molecule has 0 aliphatic carbocycles. The Balaban J connectivity index is 2.41. The first-order chi connectivity index (χ1) is 8.61. The number of pyridine rings is 1. The van der Waals surface area contributed by atoms with Crippen LogP contribution in [0.15, 0.2) is 36.5 Å². The number of hydrogen-bond acceptors (Lipinski definition) is 3. The zero-order chi connectivity index (χ0) is 13.1. The van der Waals surface area contributed by atoms with Gasteiger partial charge in [0.15, 0.2) is 5.82 Å². The summed E-state index contributed by atoms with van der Waals surface area (Å²) in [5, 5.41) is 0.492. The lowest BCUT2D eigenvalue weighted by molar-refractivity contribution is 0.628. The van der Waals surface area contributed by atoms with E-state index in [0.717, 1.165) is 5.69 Å². The van der Waals surface area contributed by atoms with Crippen LogP contribution in [-0.2, 0) is 0 Å². The molecule has 0 spiro atoms. The molecule has 1 aromatic carbocycles. The normalized spacial score (nSPS) is 10.4. The molecule has 0 aliphatic heterocycles. The van der Waals surface area contributed by atoms with Gasteiger partial charge in [-0.2, -0.15) is 0 Å². The first-order valence-electron chi connectivity index (χ1n) is 5.56. The summed E-state index contributed by atoms with van der Waals surface area (Å²) in [6.07, 6.45) is 1.54. The molecule has 1 heterocycles. The SMILES string of the molecule is CCN(c1ccc(F)cc1)c1ncc(Cl)cc1N. The number of halogens is 2. The van der Waals surface area contributed by atoms with Gasteiger partial charge in [0, 0.05) is 18.4 Å². The lowest BCUT2D eigenvalue weighted by Gasteiger charge is -2.23. The van der Waals surface area contributed by atoms with Gasteiger partial charge in [0.25, 0.3) is 0 Å². The van der Waals surface area contributed by atoms with Gasteiger partial charge in [-0.1, -0.05) is 11.6 Å². The number of rotatable bonds is 3. The highest BCUT2D eigenvalue weighted by atomic mass is 35.5. The predicted octanol–water partition coefficient (Wildman–Crippen LogP) is 3.61. The second-order valence-corrected chi connectivity index (χ2v) is 4.22. The summed E-state index contributed by atoms with van der Waals surface area (Å²) in [6.45, 7) is 2.64. The van der Waals surface area contributed by atoms with E-state index in [1.807, 2.05) is 11.8 Å². The van der Waals surface area contributed by atoms with Gasteiger partial charge in [0.1, 0.15) is 5.82 Å². The Labute approximate surface area is 110 Å². The lowest BCUT2D eigenvalue weighted by atomic mass is 10.2. The van der Waals surface area contributed by atoms with Gasteiger partial charge in [0.05, 0.1) is 10.7 Å². The molecule has 2 rings (SSSR count). The van der Waals surface area contributed by atoms with E-state index < -0.39 is 0 Å². The van der Waals surface area contributed by atoms with E-state index in [1.165, 1.54) is 12.1 Å². The summed E-state index contributed by atoms with van der Waals surface area (Å²) in [5.74, 6) is 0.348. The van der Waals surface area contributed by atoms with Crippen LogP contribution < -0.4 is 10.6 Å². The fraction of sp³-hybridized carbons (Fsp3) is 0.154. The molecule has 2 N–H and O–H groups in total. The van der Waals surface area contributed by atoms with E-state index in [1.54, 1.807) is 24.4 Å². The maximum atomic E-state index is 12.9. The number of anilines is 3. The maximum absolute atomic E-state index is 12.9. The van der Waals surface area contributed by atoms with Gasteiger partial charge in [-0.05, 0) is 37.3 Å². The molecule has 0 amide bonds. The topological polar surface area (TPSA) is 42.2 Å². The fourth-order valence-corrected chi connectivity index (χ4v) is 1.92. The zero-order valence-corrected chi connectivity index (χ0v) is 10.7. The van der Waals surface area contributed by atoms with E-state index in [9.17, 15) is 4.39 Å². The molecule has 18 heavy (non-hydrogen) atoms. The van der Waals surface area contributed by atoms with Gasteiger partial charge in [-0.3, -0.25) is 0 Å². The van der Waals surface area contributed by atoms with E-state index in [2.05, 4.69) is 4.98 Å². The predicted molar refractivity (Wildman–Crippen MR) is 72.7 cm³/mol. The van der Waals surface area contributed by atoms with Crippen molar-refractivity contribution in [3.63, 3.8) is 0 Å². The smallest absolute Gasteiger partial charge is 0.156 e. The van der Waals surface area contributed by atoms with E-state index in [4.69, 9.17) is 17.3 Å². The standard InChI is InChI=1S/C13H13ClFN3/c1-2-18(11-5-3-10(15)4-6-11)13-12(16)7-9(14)8-17-13/h3-8H,2,16H2,1H3. The zero-order valence-electron chi connectivity index (χ0n) is 9.90. The Kier molecular flexibility index (Phi) is 3.67. The van der Waals surface area contributed by atoms with E-state index in [-0.39, 0.29) is 5.82 Å². The molecule has 0 bridgehead atoms. The van der Waals surface area contributed by atoms with Crippen molar-refractivity contribution in [2.45, 2.75) is 6.92 Å². The second kappa shape index (κ2) is 5.23. The molecular weight excluding hydrogens is 253 g/mol. The van der Waals surface area contributed by atoms with Gasteiger partial charge < -0.3 is 10.6 Å². The van der Waals surface area contributed by atoms with Gasteiger partial charge in [-0.25, -0.2) is 9.37 Å². The number of hydrogen-bond donors (Lipinski definition) is 1. The van der Waals surface area contributed by atoms with Crippen molar-refractivity contribution in [1.82, 2.24) is 4.98 Å². The first-order valence-corrected chi connectivity index (χ1v) is 5.93. The van der Waals surface area contributed by atoms with Crippen LogP contribution in [0.25, 0.3) is 0 Å². The molecule has 5 heteroatoms. The number of nitrogen functional groups attached to an aromatic ring is 1. The van der Waals surface area contributed by atoms with Gasteiger partial charge >= 0.3 is 0 Å². The maximum Gasteiger partial charge on any atom is 0.156 e. The summed E-state index contributed by atoms with van der Waals surface area (Å²) in [7, 11) is 0. The number of nitrogens with zero attached hydrogens (tertiary/aromatic N) is 2. The molecule has 3 nitrogen and oxygen atoms in total. The Morgan fingerprint density at radius 2 is 2.00 bits per heavy atom. The van der Waals surface area contributed by atoms with E-state index in [0.29, 0.717) is 23.1 Å². The summed E-state index contributed by atoms with van der Waals surface area (Å²) in [5.41, 5.74) is 7.23. The quantitative estimate of drug-likeness (QED) is 0.922. The van der Waals surface area contributed by atoms with Crippen LogP contribution in [0.2, 0.25) is 5.02 Å². The molecule has 2 aromatic rings. The van der Waals surface area contributed by atoms with E-state index >= 15 is 0 Å². The summed E-state index contributed by atoms with van der Waals surface area (Å²) < 4.78 is 12.9. The third-order valence-electron chi connectivity index (χ3n) is 2.57. The largest absolute Gasteiger partial charge is 0.396 e. The molecule has 0 radical (unpaired) electrons. The Hall–Kier alpha value is -1.81. The molecular formula is C13H13ClFN3. The minimum atomic E-state index is -0.271. The number of nitrogens with two attached hydrogens (primary N) is 1. The molecule has 0 saturated heterocycles. The Morgan fingerprint density at radius 3 is 2.56 bits per heavy atom. The van der Waals surface area contributed by atoms with Crippen LogP contribution in [0.3, 0.4) is 0 Å². The fourth-order valence-electron chi connectivity index (χ4n) is 1.75. The van der Waals surface area contributed by atoms with Crippen molar-refractivity contribution in [1.29, 1.82) is 0 Å². The second-order valence-electron chi connectivity index (χ2n) is 3.79. The Morgan fingerprint density at radius 1 is 1.33 bits per heavy atom. The third kappa shape index (κ3) is 2.54. The van der Waals surface area contributed by atoms with Crippen molar-refractivity contribution in [2.75, 3.05) is 17.2 Å². The molecule has 0 aliphatic rings. The number of aromatic nitrogens is 1. The monoisotopic (exact) mass is 265 g/mol. The molecule has 0 unspecified atom stereocenters. The van der Waals surface area contributed by atoms with Crippen molar-refractivity contribution in [3.05, 3.63) is 47.4 Å². The van der Waals surface area contributed by atoms with Gasteiger partial charge in [0.2, 0.25) is 0 Å². The molecule has 0 atom stereocenters. The number of benzene rings is 1. The van der Waals surface area contributed by atoms with Crippen molar-refractivity contribution >= 4 is 28.8 Å². The molecule has 0 saturated carbocycles. The molecule has 1 aromatic heterocycles. The van der Waals surface area contributed by atoms with Crippen molar-refractivity contribution < 1.29 is 4.39 Å². The first kappa shape index (κ1) is 12.6. The Bertz CT molecular complexity index is 542. The van der Waals surface area contributed by atoms with Crippen LogP contribution in [0.5, 0.6) is 0 Å². The average molecular weight is 266 g/mol. The summed E-state index contributed by atoms with van der Waals surface area (Å²) in [6, 6.07) is 7.84. The molecule has 0 fully saturated rings. The minimum Gasteiger partial charge on any atom is -0.396 e. The minimum absolute atomic E-state index is 0.271. The van der Waals surface area contributed by atoms with Crippen molar-refractivity contribution in [3.8, 4) is 0 Å². The van der Waals surface area contributed by atoms with Crippen LogP contribution in [0.4, 0.5) is 21.6 Å². The van der Waals surface area contributed by atoms with Crippen molar-refractivity contribution in [2.24, 2.45) is 0 Å². The summed E-state index contributed by atoms with van der Waals surface area (Å²) in [4.78, 5) is 6.12. The van der Waals surface area contributed by atoms with Crippen LogP contribution in [-0.4, -0.2) is 11.5 Å². The van der Waals surface area contributed by atoms with Crippen LogP contribution >= 0.6 is 11.6 Å². The lowest BCUT2D eigenvalue weighted by Crippen LogP contribution is -2.18. The highest BCUT2D eigenvalue weighted by Crippen LogP contribution is 2.29. The van der Waals surface area contributed by atoms with Crippen LogP contribution in [0.1, 0.15) is 6.92 Å².